The molecule has 0 atom stereocenters. The largest absolute Gasteiger partial charge is 0.395 e. The van der Waals surface area contributed by atoms with Crippen LogP contribution in [0.1, 0.15) is 49.1 Å². The second kappa shape index (κ2) is 5.90. The average molecular weight is 336 g/mol. The molecule has 0 spiro atoms. The van der Waals surface area contributed by atoms with Crippen molar-refractivity contribution in [3.8, 4) is 0 Å². The molecule has 0 amide bonds. The number of nitrogens with zero attached hydrogens (tertiary/aromatic N) is 1. The number of rotatable bonds is 3. The van der Waals surface area contributed by atoms with Gasteiger partial charge < -0.3 is 9.67 Å². The van der Waals surface area contributed by atoms with E-state index in [2.05, 4.69) is 45.6 Å². The number of aliphatic hydroxyl groups is 1. The molecule has 1 aromatic heterocycles. The third-order valence-electron chi connectivity index (χ3n) is 4.53. The number of aliphatic hydroxyl groups excluding tert-OH is 1. The summed E-state index contributed by atoms with van der Waals surface area (Å²) >= 11 is 3.81. The fourth-order valence-electron chi connectivity index (χ4n) is 3.55. The molecule has 3 rings (SSSR count). The Bertz CT molecular complexity index is 611. The highest BCUT2D eigenvalue weighted by Gasteiger charge is 2.24. The van der Waals surface area contributed by atoms with Gasteiger partial charge in [0.2, 0.25) is 0 Å². The van der Waals surface area contributed by atoms with Gasteiger partial charge in [0.05, 0.1) is 11.2 Å². The summed E-state index contributed by atoms with van der Waals surface area (Å²) in [6.07, 6.45) is 6.66. The highest BCUT2D eigenvalue weighted by Crippen LogP contribution is 2.42. The van der Waals surface area contributed by atoms with Crippen molar-refractivity contribution in [2.24, 2.45) is 0 Å². The highest BCUT2D eigenvalue weighted by atomic mass is 79.9. The lowest BCUT2D eigenvalue weighted by molar-refractivity contribution is 0.277. The van der Waals surface area contributed by atoms with E-state index >= 15 is 0 Å². The van der Waals surface area contributed by atoms with Crippen LogP contribution in [0.5, 0.6) is 0 Å². The molecule has 3 heteroatoms. The summed E-state index contributed by atoms with van der Waals surface area (Å²) in [6.45, 7) is 2.97. The summed E-state index contributed by atoms with van der Waals surface area (Å²) in [7, 11) is 0. The predicted molar refractivity (Wildman–Crippen MR) is 87.3 cm³/mol. The van der Waals surface area contributed by atoms with Crippen molar-refractivity contribution in [3.63, 3.8) is 0 Å². The molecule has 1 aromatic carbocycles. The van der Waals surface area contributed by atoms with Crippen molar-refractivity contribution >= 4 is 26.8 Å². The van der Waals surface area contributed by atoms with Gasteiger partial charge in [0.25, 0.3) is 0 Å². The Balaban J connectivity index is 2.17. The third-order valence-corrected chi connectivity index (χ3v) is 5.39. The topological polar surface area (TPSA) is 25.2 Å². The molecule has 0 aliphatic heterocycles. The van der Waals surface area contributed by atoms with Crippen molar-refractivity contribution in [1.29, 1.82) is 0 Å². The van der Waals surface area contributed by atoms with Gasteiger partial charge in [0.1, 0.15) is 0 Å². The zero-order valence-electron chi connectivity index (χ0n) is 12.0. The fourth-order valence-corrected chi connectivity index (χ4v) is 4.46. The summed E-state index contributed by atoms with van der Waals surface area (Å²) in [5, 5.41) is 10.7. The minimum absolute atomic E-state index is 0.181. The lowest BCUT2D eigenvalue weighted by Gasteiger charge is -2.22. The van der Waals surface area contributed by atoms with E-state index in [4.69, 9.17) is 0 Å². The lowest BCUT2D eigenvalue weighted by Crippen LogP contribution is -2.06. The molecule has 108 valence electrons. The van der Waals surface area contributed by atoms with Crippen LogP contribution in [0.4, 0.5) is 0 Å². The van der Waals surface area contributed by atoms with Crippen LogP contribution in [0.2, 0.25) is 0 Å². The number of halogens is 1. The third kappa shape index (κ3) is 2.42. The Kier molecular flexibility index (Phi) is 4.18. The summed E-state index contributed by atoms with van der Waals surface area (Å²) < 4.78 is 3.41. The van der Waals surface area contributed by atoms with E-state index in [1.807, 2.05) is 0 Å². The Morgan fingerprint density at radius 2 is 2.00 bits per heavy atom. The monoisotopic (exact) mass is 335 g/mol. The van der Waals surface area contributed by atoms with Gasteiger partial charge in [-0.25, -0.2) is 0 Å². The minimum atomic E-state index is 0.181. The Morgan fingerprint density at radius 1 is 1.25 bits per heavy atom. The Morgan fingerprint density at radius 3 is 2.70 bits per heavy atom. The summed E-state index contributed by atoms with van der Waals surface area (Å²) in [4.78, 5) is 0. The first-order valence-corrected chi connectivity index (χ1v) is 8.40. The molecule has 1 heterocycles. The van der Waals surface area contributed by atoms with Gasteiger partial charge in [-0.15, -0.1) is 0 Å². The fraction of sp³-hybridized carbons (Fsp3) is 0.529. The maximum atomic E-state index is 9.35. The smallest absolute Gasteiger partial charge is 0.0893 e. The molecule has 1 aliphatic rings. The van der Waals surface area contributed by atoms with Crippen LogP contribution < -0.4 is 0 Å². The number of hydrogen-bond acceptors (Lipinski definition) is 1. The average Bonchev–Trinajstić information content (AvgIpc) is 2.73. The van der Waals surface area contributed by atoms with E-state index in [-0.39, 0.29) is 6.61 Å². The van der Waals surface area contributed by atoms with Crippen LogP contribution in [-0.4, -0.2) is 16.3 Å². The van der Waals surface area contributed by atoms with Crippen molar-refractivity contribution < 1.29 is 5.11 Å². The van der Waals surface area contributed by atoms with E-state index < -0.39 is 0 Å². The van der Waals surface area contributed by atoms with Gasteiger partial charge in [-0.2, -0.15) is 0 Å². The van der Waals surface area contributed by atoms with Crippen LogP contribution in [0, 0.1) is 6.92 Å². The molecule has 1 saturated carbocycles. The molecule has 1 fully saturated rings. The van der Waals surface area contributed by atoms with Gasteiger partial charge in [-0.1, -0.05) is 31.4 Å². The zero-order chi connectivity index (χ0) is 14.1. The molecule has 0 unspecified atom stereocenters. The van der Waals surface area contributed by atoms with Crippen molar-refractivity contribution in [2.45, 2.75) is 51.5 Å². The van der Waals surface area contributed by atoms with Crippen molar-refractivity contribution in [1.82, 2.24) is 4.57 Å². The predicted octanol–water partition coefficient (Wildman–Crippen LogP) is 4.75. The second-order valence-electron chi connectivity index (χ2n) is 5.94. The molecule has 2 aromatic rings. The van der Waals surface area contributed by atoms with Gasteiger partial charge in [0.15, 0.2) is 0 Å². The SMILES string of the molecule is Cc1ccc2c(C3CCCCC3)c(Br)n(CCO)c2c1. The highest BCUT2D eigenvalue weighted by molar-refractivity contribution is 9.10. The summed E-state index contributed by atoms with van der Waals surface area (Å²) in [5.41, 5.74) is 4.00. The molecule has 0 radical (unpaired) electrons. The number of hydrogen-bond donors (Lipinski definition) is 1. The summed E-state index contributed by atoms with van der Waals surface area (Å²) in [5.74, 6) is 0.670. The molecule has 1 N–H and O–H groups in total. The van der Waals surface area contributed by atoms with E-state index in [1.165, 1.54) is 58.7 Å². The quantitative estimate of drug-likeness (QED) is 0.859. The molecule has 1 aliphatic carbocycles. The number of fused-ring (bicyclic) bond motifs is 1. The van der Waals surface area contributed by atoms with Crippen LogP contribution >= 0.6 is 15.9 Å². The standard InChI is InChI=1S/C17H22BrNO/c1-12-7-8-14-15(11-12)19(9-10-20)17(18)16(14)13-5-3-2-4-6-13/h7-8,11,13,20H,2-6,9-10H2,1H3. The molecule has 2 nitrogen and oxygen atoms in total. The van der Waals surface area contributed by atoms with Crippen LogP contribution in [0.25, 0.3) is 10.9 Å². The van der Waals surface area contributed by atoms with Crippen molar-refractivity contribution in [2.75, 3.05) is 6.61 Å². The number of aromatic nitrogens is 1. The van der Waals surface area contributed by atoms with E-state index in [0.717, 1.165) is 0 Å². The van der Waals surface area contributed by atoms with Gasteiger partial charge in [-0.3, -0.25) is 0 Å². The van der Waals surface area contributed by atoms with Gasteiger partial charge >= 0.3 is 0 Å². The van der Waals surface area contributed by atoms with Crippen molar-refractivity contribution in [3.05, 3.63) is 33.9 Å². The molecule has 0 saturated heterocycles. The zero-order valence-corrected chi connectivity index (χ0v) is 13.6. The Labute approximate surface area is 128 Å². The van der Waals surface area contributed by atoms with E-state index in [0.29, 0.717) is 12.5 Å². The maximum absolute atomic E-state index is 9.35. The van der Waals surface area contributed by atoms with Crippen LogP contribution in [0.3, 0.4) is 0 Å². The van der Waals surface area contributed by atoms with E-state index in [1.54, 1.807) is 0 Å². The Hall–Kier alpha value is -0.800. The molecular weight excluding hydrogens is 314 g/mol. The first kappa shape index (κ1) is 14.2. The minimum Gasteiger partial charge on any atom is -0.395 e. The second-order valence-corrected chi connectivity index (χ2v) is 6.69. The lowest BCUT2D eigenvalue weighted by atomic mass is 9.84. The van der Waals surface area contributed by atoms with Crippen LogP contribution in [0.15, 0.2) is 22.8 Å². The van der Waals surface area contributed by atoms with E-state index in [9.17, 15) is 5.11 Å². The van der Waals surface area contributed by atoms with Crippen LogP contribution in [-0.2, 0) is 6.54 Å². The normalized spacial score (nSPS) is 16.9. The molecule has 20 heavy (non-hydrogen) atoms. The number of aryl methyl sites for hydroxylation is 1. The molecule has 0 bridgehead atoms. The van der Waals surface area contributed by atoms with Gasteiger partial charge in [0, 0.05) is 17.4 Å². The first-order chi connectivity index (χ1) is 9.72. The molecular formula is C17H22BrNO. The maximum Gasteiger partial charge on any atom is 0.0893 e. The van der Waals surface area contributed by atoms with Gasteiger partial charge in [-0.05, 0) is 58.8 Å². The number of benzene rings is 1. The summed E-state index contributed by atoms with van der Waals surface area (Å²) in [6, 6.07) is 6.69. The first-order valence-electron chi connectivity index (χ1n) is 7.61.